The van der Waals surface area contributed by atoms with Gasteiger partial charge in [0.25, 0.3) is 10.1 Å². The van der Waals surface area contributed by atoms with Crippen LogP contribution in [0.2, 0.25) is 0 Å². The Bertz CT molecular complexity index is 613. The number of nitrogens with one attached hydrogen (secondary N) is 1. The van der Waals surface area contributed by atoms with Crippen LogP contribution in [0.4, 0.5) is 4.79 Å². The van der Waals surface area contributed by atoms with Gasteiger partial charge in [0, 0.05) is 6.54 Å². The average molecular weight is 548 g/mol. The molecule has 0 bridgehead atoms. The predicted octanol–water partition coefficient (Wildman–Crippen LogP) is 0.604. The van der Waals surface area contributed by atoms with E-state index in [0.717, 1.165) is 6.26 Å². The van der Waals surface area contributed by atoms with Crippen molar-refractivity contribution < 1.29 is 55.3 Å². The molecule has 216 valence electrons. The molecule has 1 amide bonds. The molecule has 0 fully saturated rings. The Hall–Kier alpha value is -1.10. The molecule has 0 atom stereocenters. The van der Waals surface area contributed by atoms with E-state index in [1.807, 2.05) is 20.8 Å². The van der Waals surface area contributed by atoms with Gasteiger partial charge in [0.05, 0.1) is 105 Å². The first-order valence-corrected chi connectivity index (χ1v) is 13.8. The number of amides is 1. The van der Waals surface area contributed by atoms with Gasteiger partial charge in [-0.3, -0.25) is 4.18 Å². The summed E-state index contributed by atoms with van der Waals surface area (Å²) in [7, 11) is -3.42. The summed E-state index contributed by atoms with van der Waals surface area (Å²) in [6.07, 6.45) is 0.532. The Morgan fingerprint density at radius 3 is 1.19 bits per heavy atom. The van der Waals surface area contributed by atoms with Gasteiger partial charge in [-0.05, 0) is 20.8 Å². The molecule has 0 heterocycles. The summed E-state index contributed by atoms with van der Waals surface area (Å²) < 4.78 is 68.6. The smallest absolute Gasteiger partial charge is 0.407 e. The normalized spacial score (nSPS) is 12.1. The van der Waals surface area contributed by atoms with Crippen molar-refractivity contribution >= 4 is 16.2 Å². The number of carbonyl (C=O) groups is 1. The van der Waals surface area contributed by atoms with Crippen molar-refractivity contribution in [2.45, 2.75) is 26.4 Å². The second-order valence-corrected chi connectivity index (χ2v) is 9.89. The minimum absolute atomic E-state index is 0.00456. The molecule has 36 heavy (non-hydrogen) atoms. The highest BCUT2D eigenvalue weighted by molar-refractivity contribution is 7.85. The van der Waals surface area contributed by atoms with Gasteiger partial charge < -0.3 is 43.2 Å². The highest BCUT2D eigenvalue weighted by atomic mass is 32.2. The fourth-order valence-electron chi connectivity index (χ4n) is 2.21. The van der Waals surface area contributed by atoms with Gasteiger partial charge in [-0.1, -0.05) is 0 Å². The SMILES string of the molecule is CC(C)(C)OC(=O)NCCOCCOCCOCCOCCOCCOCCOCCOS(C)(=O)=O. The summed E-state index contributed by atoms with van der Waals surface area (Å²) in [5, 5.41) is 2.61. The van der Waals surface area contributed by atoms with Crippen molar-refractivity contribution in [1.29, 1.82) is 0 Å². The zero-order valence-corrected chi connectivity index (χ0v) is 22.9. The third kappa shape index (κ3) is 30.9. The molecule has 0 rings (SSSR count). The number of hydrogen-bond acceptors (Lipinski definition) is 12. The maximum absolute atomic E-state index is 11.4. The molecule has 0 aliphatic heterocycles. The van der Waals surface area contributed by atoms with E-state index in [4.69, 9.17) is 37.9 Å². The summed E-state index contributed by atoms with van der Waals surface area (Å²) in [4.78, 5) is 11.4. The fourth-order valence-corrected chi connectivity index (χ4v) is 2.58. The largest absolute Gasteiger partial charge is 0.444 e. The van der Waals surface area contributed by atoms with E-state index in [1.165, 1.54) is 0 Å². The lowest BCUT2D eigenvalue weighted by atomic mass is 10.2. The lowest BCUT2D eigenvalue weighted by Crippen LogP contribution is -2.34. The standard InChI is InChI=1S/C22H45NO12S/c1-22(2,3)35-21(24)23-5-6-27-7-8-28-9-10-29-11-12-30-13-14-31-15-16-32-17-18-33-19-20-34-36(4,25)26/h5-20H2,1-4H3,(H,23,24). The lowest BCUT2D eigenvalue weighted by molar-refractivity contribution is -0.0211. The van der Waals surface area contributed by atoms with E-state index in [2.05, 4.69) is 9.50 Å². The summed E-state index contributed by atoms with van der Waals surface area (Å²) in [5.74, 6) is 0. The Balaban J connectivity index is 3.14. The number of hydrogen-bond donors (Lipinski definition) is 1. The molecule has 0 unspecified atom stereocenters. The third-order valence-corrected chi connectivity index (χ3v) is 4.27. The van der Waals surface area contributed by atoms with Gasteiger partial charge in [-0.2, -0.15) is 8.42 Å². The van der Waals surface area contributed by atoms with Crippen molar-refractivity contribution in [2.24, 2.45) is 0 Å². The van der Waals surface area contributed by atoms with Gasteiger partial charge in [-0.25, -0.2) is 4.79 Å². The molecule has 0 saturated carbocycles. The summed E-state index contributed by atoms with van der Waals surface area (Å²) in [5.41, 5.74) is -0.514. The van der Waals surface area contributed by atoms with Gasteiger partial charge in [0.2, 0.25) is 0 Å². The molecule has 0 saturated heterocycles. The number of alkyl carbamates (subject to hydrolysis) is 1. The van der Waals surface area contributed by atoms with Crippen LogP contribution in [0.3, 0.4) is 0 Å². The molecular formula is C22H45NO12S. The molecule has 0 aliphatic carbocycles. The molecule has 0 aromatic rings. The Labute approximate surface area is 215 Å². The van der Waals surface area contributed by atoms with Crippen LogP contribution in [-0.2, 0) is 52.2 Å². The molecule has 0 spiro atoms. The first-order chi connectivity index (χ1) is 17.1. The van der Waals surface area contributed by atoms with Crippen LogP contribution < -0.4 is 5.32 Å². The second kappa shape index (κ2) is 23.0. The second-order valence-electron chi connectivity index (χ2n) is 8.24. The molecule has 0 aromatic carbocycles. The van der Waals surface area contributed by atoms with E-state index in [0.29, 0.717) is 92.4 Å². The summed E-state index contributed by atoms with van der Waals surface area (Å²) >= 11 is 0. The fraction of sp³-hybridized carbons (Fsp3) is 0.955. The quantitative estimate of drug-likeness (QED) is 0.126. The van der Waals surface area contributed by atoms with Gasteiger partial charge in [0.15, 0.2) is 0 Å². The van der Waals surface area contributed by atoms with E-state index in [-0.39, 0.29) is 13.2 Å². The first kappa shape index (κ1) is 34.9. The van der Waals surface area contributed by atoms with Crippen LogP contribution in [0, 0.1) is 0 Å². The topological polar surface area (TPSA) is 146 Å². The molecular weight excluding hydrogens is 502 g/mol. The Morgan fingerprint density at radius 2 is 0.889 bits per heavy atom. The summed E-state index contributed by atoms with van der Waals surface area (Å²) in [6, 6.07) is 0. The van der Waals surface area contributed by atoms with Crippen molar-refractivity contribution in [1.82, 2.24) is 5.32 Å². The zero-order chi connectivity index (χ0) is 27.0. The predicted molar refractivity (Wildman–Crippen MR) is 131 cm³/mol. The van der Waals surface area contributed by atoms with Crippen LogP contribution >= 0.6 is 0 Å². The molecule has 13 nitrogen and oxygen atoms in total. The molecule has 0 radical (unpaired) electrons. The third-order valence-electron chi connectivity index (χ3n) is 3.67. The van der Waals surface area contributed by atoms with Gasteiger partial charge in [-0.15, -0.1) is 0 Å². The van der Waals surface area contributed by atoms with E-state index in [1.54, 1.807) is 0 Å². The van der Waals surface area contributed by atoms with Crippen molar-refractivity contribution in [3.63, 3.8) is 0 Å². The number of rotatable bonds is 25. The molecule has 0 aromatic heterocycles. The van der Waals surface area contributed by atoms with Crippen LogP contribution in [0.15, 0.2) is 0 Å². The Kier molecular flexibility index (Phi) is 22.3. The summed E-state index contributed by atoms with van der Waals surface area (Å²) in [6.45, 7) is 11.6. The van der Waals surface area contributed by atoms with Crippen molar-refractivity contribution in [3.05, 3.63) is 0 Å². The molecule has 1 N–H and O–H groups in total. The monoisotopic (exact) mass is 547 g/mol. The minimum Gasteiger partial charge on any atom is -0.444 e. The number of carbonyl (C=O) groups excluding carboxylic acids is 1. The maximum atomic E-state index is 11.4. The maximum Gasteiger partial charge on any atom is 0.407 e. The van der Waals surface area contributed by atoms with E-state index < -0.39 is 21.8 Å². The van der Waals surface area contributed by atoms with Gasteiger partial charge in [0.1, 0.15) is 5.60 Å². The first-order valence-electron chi connectivity index (χ1n) is 12.0. The van der Waals surface area contributed by atoms with Crippen molar-refractivity contribution in [3.8, 4) is 0 Å². The van der Waals surface area contributed by atoms with Crippen LogP contribution in [0.1, 0.15) is 20.8 Å². The lowest BCUT2D eigenvalue weighted by Gasteiger charge is -2.19. The van der Waals surface area contributed by atoms with Crippen molar-refractivity contribution in [2.75, 3.05) is 112 Å². The highest BCUT2D eigenvalue weighted by Gasteiger charge is 2.15. The highest BCUT2D eigenvalue weighted by Crippen LogP contribution is 2.06. The molecule has 0 aliphatic rings. The average Bonchev–Trinajstić information content (AvgIpc) is 2.77. The van der Waals surface area contributed by atoms with Gasteiger partial charge >= 0.3 is 6.09 Å². The van der Waals surface area contributed by atoms with E-state index >= 15 is 0 Å². The van der Waals surface area contributed by atoms with Crippen LogP contribution in [0.25, 0.3) is 0 Å². The molecule has 14 heteroatoms. The van der Waals surface area contributed by atoms with Crippen LogP contribution in [0.5, 0.6) is 0 Å². The van der Waals surface area contributed by atoms with Crippen LogP contribution in [-0.4, -0.2) is 132 Å². The number of ether oxygens (including phenoxy) is 8. The zero-order valence-electron chi connectivity index (χ0n) is 22.1. The minimum atomic E-state index is -3.42. The van der Waals surface area contributed by atoms with E-state index in [9.17, 15) is 13.2 Å². The Morgan fingerprint density at radius 1 is 0.583 bits per heavy atom.